The van der Waals surface area contributed by atoms with Crippen molar-refractivity contribution >= 4 is 28.2 Å². The highest BCUT2D eigenvalue weighted by atomic mass is 32.1. The number of hydrogen-bond donors (Lipinski definition) is 1. The maximum atomic E-state index is 12.3. The number of ether oxygens (including phenoxy) is 1. The molecule has 114 valence electrons. The van der Waals surface area contributed by atoms with E-state index < -0.39 is 0 Å². The molecule has 0 aliphatic heterocycles. The van der Waals surface area contributed by atoms with Crippen LogP contribution in [-0.2, 0) is 9.53 Å². The van der Waals surface area contributed by atoms with E-state index in [0.29, 0.717) is 23.3 Å². The number of thiophene rings is 1. The topological polar surface area (TPSA) is 55.4 Å². The van der Waals surface area contributed by atoms with Crippen molar-refractivity contribution in [3.8, 4) is 0 Å². The first-order valence-electron chi connectivity index (χ1n) is 7.70. The quantitative estimate of drug-likeness (QED) is 0.865. The molecule has 2 saturated carbocycles. The fourth-order valence-electron chi connectivity index (χ4n) is 3.53. The Hall–Kier alpha value is -1.36. The van der Waals surface area contributed by atoms with Crippen molar-refractivity contribution in [1.29, 1.82) is 0 Å². The van der Waals surface area contributed by atoms with Crippen molar-refractivity contribution in [2.75, 3.05) is 11.9 Å². The molecule has 1 aromatic heterocycles. The molecule has 2 unspecified atom stereocenters. The van der Waals surface area contributed by atoms with Gasteiger partial charge in [-0.05, 0) is 50.2 Å². The van der Waals surface area contributed by atoms with Crippen molar-refractivity contribution < 1.29 is 14.3 Å². The average Bonchev–Trinajstić information content (AvgIpc) is 3.08. The molecule has 5 heteroatoms. The fourth-order valence-corrected chi connectivity index (χ4v) is 4.50. The smallest absolute Gasteiger partial charge is 0.348 e. The zero-order chi connectivity index (χ0) is 15.0. The van der Waals surface area contributed by atoms with Crippen molar-refractivity contribution in [3.63, 3.8) is 0 Å². The van der Waals surface area contributed by atoms with Gasteiger partial charge in [0.1, 0.15) is 4.88 Å². The maximum Gasteiger partial charge on any atom is 0.348 e. The third kappa shape index (κ3) is 2.84. The lowest BCUT2D eigenvalue weighted by atomic mass is 10.0. The van der Waals surface area contributed by atoms with E-state index in [1.54, 1.807) is 6.92 Å². The van der Waals surface area contributed by atoms with Gasteiger partial charge < -0.3 is 10.1 Å². The van der Waals surface area contributed by atoms with Crippen LogP contribution in [0.1, 0.15) is 47.8 Å². The molecule has 2 fully saturated rings. The third-order valence-corrected chi connectivity index (χ3v) is 5.72. The Morgan fingerprint density at radius 3 is 2.62 bits per heavy atom. The lowest BCUT2D eigenvalue weighted by Crippen LogP contribution is -2.14. The monoisotopic (exact) mass is 307 g/mol. The number of hydrogen-bond acceptors (Lipinski definition) is 4. The summed E-state index contributed by atoms with van der Waals surface area (Å²) in [7, 11) is 0. The van der Waals surface area contributed by atoms with Gasteiger partial charge in [-0.25, -0.2) is 4.79 Å². The number of amides is 1. The van der Waals surface area contributed by atoms with E-state index in [1.165, 1.54) is 37.0 Å². The summed E-state index contributed by atoms with van der Waals surface area (Å²) in [5.74, 6) is 1.22. The van der Waals surface area contributed by atoms with E-state index in [-0.39, 0.29) is 17.8 Å². The number of carbonyl (C=O) groups excluding carboxylic acids is 2. The van der Waals surface area contributed by atoms with Crippen molar-refractivity contribution in [2.24, 2.45) is 17.8 Å². The number of aryl methyl sites for hydroxylation is 1. The van der Waals surface area contributed by atoms with E-state index in [4.69, 9.17) is 4.74 Å². The molecule has 21 heavy (non-hydrogen) atoms. The molecular weight excluding hydrogens is 286 g/mol. The number of anilines is 1. The fraction of sp³-hybridized carbons (Fsp3) is 0.625. The lowest BCUT2D eigenvalue weighted by molar-refractivity contribution is -0.117. The minimum Gasteiger partial charge on any atom is -0.462 e. The minimum atomic E-state index is -0.305. The first kappa shape index (κ1) is 14.6. The predicted octanol–water partition coefficient (Wildman–Crippen LogP) is 3.61. The standard InChI is InChI=1S/C16H21NO3S/c1-3-20-16(19)14-9(2)8-12(21-14)17-15(18)13-10-6-4-5-7-11(10)13/h8,10-11,13H,3-7H2,1-2H3,(H,17,18). The van der Waals surface area contributed by atoms with Gasteiger partial charge in [-0.15, -0.1) is 11.3 Å². The Bertz CT molecular complexity index is 554. The van der Waals surface area contributed by atoms with Gasteiger partial charge in [0.05, 0.1) is 11.6 Å². The van der Waals surface area contributed by atoms with Crippen LogP contribution in [0, 0.1) is 24.7 Å². The number of fused-ring (bicyclic) bond motifs is 1. The van der Waals surface area contributed by atoms with Crippen LogP contribution < -0.4 is 5.32 Å². The summed E-state index contributed by atoms with van der Waals surface area (Å²) in [4.78, 5) is 24.7. The summed E-state index contributed by atoms with van der Waals surface area (Å²) in [6.07, 6.45) is 4.91. The van der Waals surface area contributed by atoms with Crippen LogP contribution in [0.3, 0.4) is 0 Å². The normalized spacial score (nSPS) is 26.9. The lowest BCUT2D eigenvalue weighted by Gasteiger charge is -2.04. The molecule has 0 radical (unpaired) electrons. The van der Waals surface area contributed by atoms with Crippen molar-refractivity contribution in [1.82, 2.24) is 0 Å². The van der Waals surface area contributed by atoms with Crippen LogP contribution in [-0.4, -0.2) is 18.5 Å². The van der Waals surface area contributed by atoms with Gasteiger partial charge in [0.15, 0.2) is 0 Å². The van der Waals surface area contributed by atoms with Gasteiger partial charge in [0, 0.05) is 5.92 Å². The first-order chi connectivity index (χ1) is 10.1. The van der Waals surface area contributed by atoms with Gasteiger partial charge in [-0.2, -0.15) is 0 Å². The molecule has 1 aromatic rings. The van der Waals surface area contributed by atoms with Crippen LogP contribution in [0.5, 0.6) is 0 Å². The minimum absolute atomic E-state index is 0.128. The van der Waals surface area contributed by atoms with E-state index >= 15 is 0 Å². The highest BCUT2D eigenvalue weighted by Crippen LogP contribution is 2.55. The Balaban J connectivity index is 1.64. The van der Waals surface area contributed by atoms with Gasteiger partial charge >= 0.3 is 5.97 Å². The van der Waals surface area contributed by atoms with Crippen LogP contribution >= 0.6 is 11.3 Å². The van der Waals surface area contributed by atoms with Crippen molar-refractivity contribution in [2.45, 2.75) is 39.5 Å². The molecule has 3 rings (SSSR count). The number of nitrogens with one attached hydrogen (secondary N) is 1. The number of rotatable bonds is 4. The Morgan fingerprint density at radius 1 is 1.33 bits per heavy atom. The van der Waals surface area contributed by atoms with Gasteiger partial charge in [0.2, 0.25) is 5.91 Å². The summed E-state index contributed by atoms with van der Waals surface area (Å²) in [5, 5.41) is 3.74. The number of esters is 1. The summed E-state index contributed by atoms with van der Waals surface area (Å²) in [5.41, 5.74) is 0.863. The van der Waals surface area contributed by atoms with E-state index in [9.17, 15) is 9.59 Å². The second kappa shape index (κ2) is 5.79. The Labute approximate surface area is 128 Å². The molecule has 2 aliphatic carbocycles. The summed E-state index contributed by atoms with van der Waals surface area (Å²) < 4.78 is 5.02. The van der Waals surface area contributed by atoms with Crippen LogP contribution in [0.4, 0.5) is 5.00 Å². The van der Waals surface area contributed by atoms with E-state index in [0.717, 1.165) is 10.6 Å². The van der Waals surface area contributed by atoms with Crippen LogP contribution in [0.15, 0.2) is 6.07 Å². The molecule has 2 aliphatic rings. The Morgan fingerprint density at radius 2 is 2.00 bits per heavy atom. The SMILES string of the molecule is CCOC(=O)c1sc(NC(=O)C2C3CCCCC32)cc1C. The third-order valence-electron chi connectivity index (χ3n) is 4.58. The molecule has 1 amide bonds. The van der Waals surface area contributed by atoms with Gasteiger partial charge in [0.25, 0.3) is 0 Å². The zero-order valence-corrected chi connectivity index (χ0v) is 13.3. The highest BCUT2D eigenvalue weighted by molar-refractivity contribution is 7.18. The molecule has 0 aromatic carbocycles. The maximum absolute atomic E-state index is 12.3. The second-order valence-electron chi connectivity index (χ2n) is 5.97. The molecule has 0 saturated heterocycles. The van der Waals surface area contributed by atoms with E-state index in [2.05, 4.69) is 5.32 Å². The highest BCUT2D eigenvalue weighted by Gasteiger charge is 2.54. The van der Waals surface area contributed by atoms with Gasteiger partial charge in [-0.1, -0.05) is 12.8 Å². The molecular formula is C16H21NO3S. The molecule has 0 bridgehead atoms. The predicted molar refractivity (Wildman–Crippen MR) is 82.6 cm³/mol. The summed E-state index contributed by atoms with van der Waals surface area (Å²) in [6, 6.07) is 1.86. The second-order valence-corrected chi connectivity index (χ2v) is 7.02. The van der Waals surface area contributed by atoms with Crippen LogP contribution in [0.2, 0.25) is 0 Å². The average molecular weight is 307 g/mol. The summed E-state index contributed by atoms with van der Waals surface area (Å²) in [6.45, 7) is 4.02. The van der Waals surface area contributed by atoms with Crippen LogP contribution in [0.25, 0.3) is 0 Å². The van der Waals surface area contributed by atoms with Gasteiger partial charge in [-0.3, -0.25) is 4.79 Å². The molecule has 2 atom stereocenters. The largest absolute Gasteiger partial charge is 0.462 e. The summed E-state index contributed by atoms with van der Waals surface area (Å²) >= 11 is 1.31. The Kier molecular flexibility index (Phi) is 4.02. The van der Waals surface area contributed by atoms with Crippen molar-refractivity contribution in [3.05, 3.63) is 16.5 Å². The first-order valence-corrected chi connectivity index (χ1v) is 8.52. The molecule has 1 N–H and O–H groups in total. The zero-order valence-electron chi connectivity index (χ0n) is 12.5. The molecule has 0 spiro atoms. The molecule has 4 nitrogen and oxygen atoms in total. The van der Waals surface area contributed by atoms with E-state index in [1.807, 2.05) is 13.0 Å². The number of carbonyl (C=O) groups is 2. The molecule has 1 heterocycles.